The molecule has 1 saturated heterocycles. The zero-order chi connectivity index (χ0) is 17.8. The lowest BCUT2D eigenvalue weighted by atomic mass is 9.90. The molecule has 0 saturated carbocycles. The number of aromatic nitrogens is 1. The van der Waals surface area contributed by atoms with E-state index in [0.29, 0.717) is 18.4 Å². The Balaban J connectivity index is 1.67. The summed E-state index contributed by atoms with van der Waals surface area (Å²) in [6.45, 7) is 6.59. The number of likely N-dealkylation sites (tertiary alicyclic amines) is 1. The van der Waals surface area contributed by atoms with Gasteiger partial charge in [0.15, 0.2) is 5.78 Å². The van der Waals surface area contributed by atoms with Crippen LogP contribution in [0, 0.1) is 5.92 Å². The Morgan fingerprint density at radius 2 is 1.92 bits per heavy atom. The van der Waals surface area contributed by atoms with Crippen LogP contribution >= 0.6 is 0 Å². The van der Waals surface area contributed by atoms with E-state index >= 15 is 0 Å². The summed E-state index contributed by atoms with van der Waals surface area (Å²) >= 11 is 0. The lowest BCUT2D eigenvalue weighted by Crippen LogP contribution is -2.40. The monoisotopic (exact) mass is 338 g/mol. The van der Waals surface area contributed by atoms with E-state index < -0.39 is 0 Å². The van der Waals surface area contributed by atoms with E-state index in [2.05, 4.69) is 18.7 Å². The largest absolute Gasteiger partial charge is 0.301 e. The fraction of sp³-hybridized carbons (Fsp3) is 0.429. The molecule has 3 rings (SSSR count). The summed E-state index contributed by atoms with van der Waals surface area (Å²) in [5, 5.41) is 0. The Hall–Kier alpha value is -2.20. The molecule has 1 aromatic carbocycles. The second kappa shape index (κ2) is 7.79. The Bertz CT molecular complexity index is 777. The summed E-state index contributed by atoms with van der Waals surface area (Å²) < 4.78 is 1.58. The predicted molar refractivity (Wildman–Crippen MR) is 100 cm³/mol. The van der Waals surface area contributed by atoms with E-state index in [4.69, 9.17) is 0 Å². The third-order valence-electron chi connectivity index (χ3n) is 5.04. The molecule has 4 nitrogen and oxygen atoms in total. The molecule has 1 aliphatic heterocycles. The number of hydrogen-bond acceptors (Lipinski definition) is 3. The highest BCUT2D eigenvalue weighted by atomic mass is 16.1. The number of pyridine rings is 1. The number of Topliss-reactive ketones (excluding diaryl/α,β-unsaturated/α-hetero) is 1. The molecule has 0 radical (unpaired) electrons. The number of hydrogen-bond donors (Lipinski definition) is 0. The maximum atomic E-state index is 12.6. The molecule has 2 heterocycles. The number of benzene rings is 1. The van der Waals surface area contributed by atoms with Gasteiger partial charge in [0.05, 0.1) is 0 Å². The molecule has 1 aromatic heterocycles. The van der Waals surface area contributed by atoms with E-state index in [1.807, 2.05) is 30.3 Å². The van der Waals surface area contributed by atoms with Crippen molar-refractivity contribution in [2.75, 3.05) is 13.1 Å². The minimum absolute atomic E-state index is 0.0717. The predicted octanol–water partition coefficient (Wildman–Crippen LogP) is 3.53. The summed E-state index contributed by atoms with van der Waals surface area (Å²) in [6, 6.07) is 13.0. The van der Waals surface area contributed by atoms with Crippen LogP contribution in [-0.4, -0.2) is 34.4 Å². The van der Waals surface area contributed by atoms with Crippen LogP contribution in [0.25, 0.3) is 5.69 Å². The van der Waals surface area contributed by atoms with Crippen LogP contribution in [0.3, 0.4) is 0 Å². The number of carbonyl (C=O) groups excluding carboxylic acids is 1. The van der Waals surface area contributed by atoms with Crippen molar-refractivity contribution in [2.24, 2.45) is 5.92 Å². The second-order valence-electron chi connectivity index (χ2n) is 7.18. The number of rotatable bonds is 5. The normalized spacial score (nSPS) is 18.4. The fourth-order valence-electron chi connectivity index (χ4n) is 3.56. The topological polar surface area (TPSA) is 42.3 Å². The number of nitrogens with zero attached hydrogens (tertiary/aromatic N) is 2. The average Bonchev–Trinajstić information content (AvgIpc) is 2.62. The van der Waals surface area contributed by atoms with E-state index in [0.717, 1.165) is 30.8 Å². The van der Waals surface area contributed by atoms with Gasteiger partial charge in [0, 0.05) is 42.5 Å². The Morgan fingerprint density at radius 3 is 2.60 bits per heavy atom. The van der Waals surface area contributed by atoms with Crippen molar-refractivity contribution in [1.82, 2.24) is 9.47 Å². The summed E-state index contributed by atoms with van der Waals surface area (Å²) in [6.07, 6.45) is 4.65. The van der Waals surface area contributed by atoms with Crippen LogP contribution in [0.4, 0.5) is 0 Å². The van der Waals surface area contributed by atoms with Gasteiger partial charge in [0.1, 0.15) is 0 Å². The highest BCUT2D eigenvalue weighted by Crippen LogP contribution is 2.23. The quantitative estimate of drug-likeness (QED) is 0.783. The first kappa shape index (κ1) is 17.6. The molecule has 4 heteroatoms. The number of piperidine rings is 1. The van der Waals surface area contributed by atoms with Gasteiger partial charge in [-0.05, 0) is 69.5 Å². The summed E-state index contributed by atoms with van der Waals surface area (Å²) in [5.74, 6) is 0.641. The van der Waals surface area contributed by atoms with Gasteiger partial charge in [-0.3, -0.25) is 14.2 Å². The highest BCUT2D eigenvalue weighted by Gasteiger charge is 2.24. The lowest BCUT2D eigenvalue weighted by Gasteiger charge is -2.35. The van der Waals surface area contributed by atoms with Gasteiger partial charge in [-0.15, -0.1) is 0 Å². The molecule has 0 amide bonds. The SMILES string of the molecule is CC(C)N1CCC[C@@H](CC(=O)c2ccc(-n3ccccc3=O)cc2)C1. The number of carbonyl (C=O) groups is 1. The Morgan fingerprint density at radius 1 is 1.16 bits per heavy atom. The van der Waals surface area contributed by atoms with Gasteiger partial charge in [-0.2, -0.15) is 0 Å². The van der Waals surface area contributed by atoms with Gasteiger partial charge in [0.25, 0.3) is 5.56 Å². The standard InChI is InChI=1S/C21H26N2O2/c1-16(2)22-12-5-6-17(15-22)14-20(24)18-8-10-19(11-9-18)23-13-4-3-7-21(23)25/h3-4,7-11,13,16-17H,5-6,12,14-15H2,1-2H3/t17-/m0/s1. The second-order valence-corrected chi connectivity index (χ2v) is 7.18. The van der Waals surface area contributed by atoms with Gasteiger partial charge in [-0.1, -0.05) is 6.07 Å². The first-order valence-corrected chi connectivity index (χ1v) is 9.10. The molecule has 0 unspecified atom stereocenters. The van der Waals surface area contributed by atoms with E-state index in [1.54, 1.807) is 16.8 Å². The summed E-state index contributed by atoms with van der Waals surface area (Å²) in [5.41, 5.74) is 1.44. The van der Waals surface area contributed by atoms with Crippen molar-refractivity contribution in [1.29, 1.82) is 0 Å². The zero-order valence-electron chi connectivity index (χ0n) is 15.0. The molecule has 2 aromatic rings. The molecule has 0 aliphatic carbocycles. The molecule has 1 atom stereocenters. The lowest BCUT2D eigenvalue weighted by molar-refractivity contribution is 0.0890. The van der Waals surface area contributed by atoms with Crippen molar-refractivity contribution in [3.63, 3.8) is 0 Å². The minimum Gasteiger partial charge on any atom is -0.301 e. The Labute approximate surface area is 149 Å². The van der Waals surface area contributed by atoms with E-state index in [9.17, 15) is 9.59 Å². The van der Waals surface area contributed by atoms with E-state index in [1.165, 1.54) is 12.5 Å². The van der Waals surface area contributed by atoms with Crippen LogP contribution in [-0.2, 0) is 0 Å². The molecular formula is C21H26N2O2. The van der Waals surface area contributed by atoms with Crippen molar-refractivity contribution < 1.29 is 4.79 Å². The minimum atomic E-state index is -0.0717. The molecule has 0 bridgehead atoms. The van der Waals surface area contributed by atoms with Crippen molar-refractivity contribution in [2.45, 2.75) is 39.2 Å². The molecule has 25 heavy (non-hydrogen) atoms. The maximum absolute atomic E-state index is 12.6. The van der Waals surface area contributed by atoms with Crippen molar-refractivity contribution in [3.8, 4) is 5.69 Å². The summed E-state index contributed by atoms with van der Waals surface area (Å²) in [4.78, 5) is 27.0. The molecule has 132 valence electrons. The number of ketones is 1. The smallest absolute Gasteiger partial charge is 0.255 e. The van der Waals surface area contributed by atoms with Crippen LogP contribution in [0.15, 0.2) is 53.5 Å². The molecular weight excluding hydrogens is 312 g/mol. The zero-order valence-corrected chi connectivity index (χ0v) is 15.0. The molecule has 0 N–H and O–H groups in total. The van der Waals surface area contributed by atoms with Crippen LogP contribution in [0.5, 0.6) is 0 Å². The first-order valence-electron chi connectivity index (χ1n) is 9.10. The maximum Gasteiger partial charge on any atom is 0.255 e. The van der Waals surface area contributed by atoms with Gasteiger partial charge < -0.3 is 4.90 Å². The van der Waals surface area contributed by atoms with Crippen LogP contribution < -0.4 is 5.56 Å². The fourth-order valence-corrected chi connectivity index (χ4v) is 3.56. The van der Waals surface area contributed by atoms with E-state index in [-0.39, 0.29) is 11.3 Å². The molecule has 1 fully saturated rings. The average molecular weight is 338 g/mol. The van der Waals surface area contributed by atoms with Crippen LogP contribution in [0.2, 0.25) is 0 Å². The third-order valence-corrected chi connectivity index (χ3v) is 5.04. The first-order chi connectivity index (χ1) is 12.0. The highest BCUT2D eigenvalue weighted by molar-refractivity contribution is 5.96. The van der Waals surface area contributed by atoms with Crippen molar-refractivity contribution in [3.05, 3.63) is 64.6 Å². The van der Waals surface area contributed by atoms with Crippen LogP contribution in [0.1, 0.15) is 43.5 Å². The third kappa shape index (κ3) is 4.26. The Kier molecular flexibility index (Phi) is 5.49. The van der Waals surface area contributed by atoms with Crippen molar-refractivity contribution >= 4 is 5.78 Å². The molecule has 0 spiro atoms. The molecule has 1 aliphatic rings. The van der Waals surface area contributed by atoms with Gasteiger partial charge >= 0.3 is 0 Å². The van der Waals surface area contributed by atoms with Gasteiger partial charge in [-0.25, -0.2) is 0 Å². The van der Waals surface area contributed by atoms with Gasteiger partial charge in [0.2, 0.25) is 0 Å². The summed E-state index contributed by atoms with van der Waals surface area (Å²) in [7, 11) is 0.